The standard InChI is InChI=1S/C18H16O6/c1-21-11-6-4-10(5-7-11)15-18(23-3)14(20)12-8-9-13(19)17(22-2)16(12)24-15/h4-9,19H,1-3H3. The molecule has 6 heteroatoms. The molecule has 0 aliphatic heterocycles. The van der Waals surface area contributed by atoms with Crippen LogP contribution in [-0.4, -0.2) is 26.4 Å². The molecule has 2 aromatic carbocycles. The van der Waals surface area contributed by atoms with Crippen molar-refractivity contribution in [2.24, 2.45) is 0 Å². The van der Waals surface area contributed by atoms with Crippen LogP contribution in [0.4, 0.5) is 0 Å². The quantitative estimate of drug-likeness (QED) is 0.792. The summed E-state index contributed by atoms with van der Waals surface area (Å²) in [5.74, 6) is 0.999. The van der Waals surface area contributed by atoms with Crippen LogP contribution in [0.25, 0.3) is 22.3 Å². The summed E-state index contributed by atoms with van der Waals surface area (Å²) in [6, 6.07) is 9.85. The summed E-state index contributed by atoms with van der Waals surface area (Å²) in [5, 5.41) is 10.2. The van der Waals surface area contributed by atoms with E-state index in [4.69, 9.17) is 18.6 Å². The number of phenols is 1. The molecule has 0 atom stereocenters. The highest BCUT2D eigenvalue weighted by atomic mass is 16.5. The first-order valence-electron chi connectivity index (χ1n) is 7.16. The van der Waals surface area contributed by atoms with Crippen molar-refractivity contribution < 1.29 is 23.7 Å². The first kappa shape index (κ1) is 15.7. The Morgan fingerprint density at radius 1 is 0.875 bits per heavy atom. The average Bonchev–Trinajstić information content (AvgIpc) is 2.61. The molecule has 0 amide bonds. The summed E-state index contributed by atoms with van der Waals surface area (Å²) in [6.45, 7) is 0. The maximum Gasteiger partial charge on any atom is 0.235 e. The van der Waals surface area contributed by atoms with E-state index in [1.807, 2.05) is 0 Å². The fourth-order valence-electron chi connectivity index (χ4n) is 2.52. The van der Waals surface area contributed by atoms with Crippen molar-refractivity contribution in [2.75, 3.05) is 21.3 Å². The van der Waals surface area contributed by atoms with Gasteiger partial charge in [0.05, 0.1) is 26.7 Å². The number of fused-ring (bicyclic) bond motifs is 1. The normalized spacial score (nSPS) is 10.6. The van der Waals surface area contributed by atoms with Crippen LogP contribution in [0, 0.1) is 0 Å². The van der Waals surface area contributed by atoms with E-state index < -0.39 is 0 Å². The number of hydrogen-bond acceptors (Lipinski definition) is 6. The molecular weight excluding hydrogens is 312 g/mol. The molecule has 0 unspecified atom stereocenters. The van der Waals surface area contributed by atoms with Crippen LogP contribution >= 0.6 is 0 Å². The Labute approximate surface area is 137 Å². The number of aromatic hydroxyl groups is 1. The minimum Gasteiger partial charge on any atom is -0.504 e. The van der Waals surface area contributed by atoms with Gasteiger partial charge in [0.1, 0.15) is 5.75 Å². The fraction of sp³-hybridized carbons (Fsp3) is 0.167. The van der Waals surface area contributed by atoms with Crippen LogP contribution < -0.4 is 19.6 Å². The van der Waals surface area contributed by atoms with Gasteiger partial charge in [-0.15, -0.1) is 0 Å². The lowest BCUT2D eigenvalue weighted by atomic mass is 10.1. The molecule has 1 aromatic heterocycles. The Morgan fingerprint density at radius 2 is 1.54 bits per heavy atom. The summed E-state index contributed by atoms with van der Waals surface area (Å²) in [5.41, 5.74) is 0.453. The molecule has 0 aliphatic rings. The molecule has 1 N–H and O–H groups in total. The van der Waals surface area contributed by atoms with E-state index in [1.54, 1.807) is 31.4 Å². The van der Waals surface area contributed by atoms with Gasteiger partial charge in [-0.3, -0.25) is 4.79 Å². The number of ether oxygens (including phenoxy) is 3. The first-order valence-corrected chi connectivity index (χ1v) is 7.16. The number of methoxy groups -OCH3 is 3. The largest absolute Gasteiger partial charge is 0.504 e. The third-order valence-corrected chi connectivity index (χ3v) is 3.71. The van der Waals surface area contributed by atoms with Gasteiger partial charge in [-0.05, 0) is 36.4 Å². The predicted octanol–water partition coefficient (Wildman–Crippen LogP) is 3.19. The van der Waals surface area contributed by atoms with Crippen molar-refractivity contribution in [1.82, 2.24) is 0 Å². The highest BCUT2D eigenvalue weighted by molar-refractivity contribution is 5.88. The summed E-state index contributed by atoms with van der Waals surface area (Å²) in [7, 11) is 4.37. The number of phenolic OH excluding ortho intramolecular Hbond substituents is 1. The van der Waals surface area contributed by atoms with Gasteiger partial charge in [-0.1, -0.05) is 0 Å². The summed E-state index contributed by atoms with van der Waals surface area (Å²) in [4.78, 5) is 12.7. The lowest BCUT2D eigenvalue weighted by Gasteiger charge is -2.12. The molecule has 0 aliphatic carbocycles. The zero-order chi connectivity index (χ0) is 17.3. The fourth-order valence-corrected chi connectivity index (χ4v) is 2.52. The Hall–Kier alpha value is -3.15. The van der Waals surface area contributed by atoms with Gasteiger partial charge in [0.25, 0.3) is 0 Å². The molecule has 0 fully saturated rings. The molecular formula is C18H16O6. The molecule has 6 nitrogen and oxygen atoms in total. The van der Waals surface area contributed by atoms with Gasteiger partial charge in [-0.25, -0.2) is 0 Å². The van der Waals surface area contributed by atoms with E-state index >= 15 is 0 Å². The molecule has 0 radical (unpaired) electrons. The van der Waals surface area contributed by atoms with E-state index in [0.717, 1.165) is 0 Å². The SMILES string of the molecule is COc1ccc(-c2oc3c(OC)c(O)ccc3c(=O)c2OC)cc1. The van der Waals surface area contributed by atoms with Crippen LogP contribution in [0.1, 0.15) is 0 Å². The number of benzene rings is 2. The van der Waals surface area contributed by atoms with Crippen LogP contribution in [0.5, 0.6) is 23.0 Å². The van der Waals surface area contributed by atoms with E-state index in [1.165, 1.54) is 26.4 Å². The van der Waals surface area contributed by atoms with Crippen molar-refractivity contribution in [3.05, 3.63) is 46.6 Å². The summed E-state index contributed by atoms with van der Waals surface area (Å²) >= 11 is 0. The molecule has 124 valence electrons. The van der Waals surface area contributed by atoms with Crippen molar-refractivity contribution >= 4 is 11.0 Å². The van der Waals surface area contributed by atoms with Gasteiger partial charge < -0.3 is 23.7 Å². The number of hydrogen-bond donors (Lipinski definition) is 1. The van der Waals surface area contributed by atoms with Gasteiger partial charge in [0.15, 0.2) is 17.1 Å². The van der Waals surface area contributed by atoms with Gasteiger partial charge in [-0.2, -0.15) is 0 Å². The van der Waals surface area contributed by atoms with E-state index in [2.05, 4.69) is 0 Å². The number of rotatable bonds is 4. The predicted molar refractivity (Wildman–Crippen MR) is 89.2 cm³/mol. The zero-order valence-electron chi connectivity index (χ0n) is 13.5. The lowest BCUT2D eigenvalue weighted by molar-refractivity contribution is 0.367. The summed E-state index contributed by atoms with van der Waals surface area (Å²) < 4.78 is 21.4. The van der Waals surface area contributed by atoms with Crippen LogP contribution in [0.2, 0.25) is 0 Å². The maximum atomic E-state index is 12.7. The van der Waals surface area contributed by atoms with Gasteiger partial charge in [0.2, 0.25) is 16.9 Å². The average molecular weight is 328 g/mol. The summed E-state index contributed by atoms with van der Waals surface area (Å²) in [6.07, 6.45) is 0. The molecule has 3 aromatic rings. The zero-order valence-corrected chi connectivity index (χ0v) is 13.5. The molecule has 0 bridgehead atoms. The van der Waals surface area contributed by atoms with Crippen molar-refractivity contribution in [1.29, 1.82) is 0 Å². The molecule has 24 heavy (non-hydrogen) atoms. The second-order valence-electron chi connectivity index (χ2n) is 5.02. The Balaban J connectivity index is 2.35. The molecule has 0 saturated heterocycles. The van der Waals surface area contributed by atoms with Crippen molar-refractivity contribution in [3.8, 4) is 34.3 Å². The highest BCUT2D eigenvalue weighted by Gasteiger charge is 2.20. The minimum atomic E-state index is -0.345. The van der Waals surface area contributed by atoms with Crippen molar-refractivity contribution in [3.63, 3.8) is 0 Å². The minimum absolute atomic E-state index is 0.0837. The second-order valence-corrected chi connectivity index (χ2v) is 5.02. The maximum absolute atomic E-state index is 12.7. The third kappa shape index (κ3) is 2.42. The second kappa shape index (κ2) is 6.16. The Kier molecular flexibility index (Phi) is 4.04. The van der Waals surface area contributed by atoms with Crippen LogP contribution in [0.15, 0.2) is 45.6 Å². The molecule has 3 rings (SSSR count). The Bertz CT molecular complexity index is 940. The van der Waals surface area contributed by atoms with E-state index in [9.17, 15) is 9.90 Å². The smallest absolute Gasteiger partial charge is 0.235 e. The molecule has 0 saturated carbocycles. The van der Waals surface area contributed by atoms with Gasteiger partial charge in [0, 0.05) is 5.56 Å². The molecule has 0 spiro atoms. The topological polar surface area (TPSA) is 78.1 Å². The van der Waals surface area contributed by atoms with E-state index in [-0.39, 0.29) is 39.4 Å². The van der Waals surface area contributed by atoms with Crippen LogP contribution in [-0.2, 0) is 0 Å². The van der Waals surface area contributed by atoms with E-state index in [0.29, 0.717) is 11.3 Å². The first-order chi connectivity index (χ1) is 11.6. The van der Waals surface area contributed by atoms with Crippen molar-refractivity contribution in [2.45, 2.75) is 0 Å². The monoisotopic (exact) mass is 328 g/mol. The third-order valence-electron chi connectivity index (χ3n) is 3.71. The van der Waals surface area contributed by atoms with Crippen LogP contribution in [0.3, 0.4) is 0 Å². The molecule has 1 heterocycles. The van der Waals surface area contributed by atoms with Gasteiger partial charge >= 0.3 is 0 Å². The highest BCUT2D eigenvalue weighted by Crippen LogP contribution is 2.38. The lowest BCUT2D eigenvalue weighted by Crippen LogP contribution is -2.08. The Morgan fingerprint density at radius 3 is 2.12 bits per heavy atom.